The van der Waals surface area contributed by atoms with Crippen LogP contribution in [0.5, 0.6) is 0 Å². The molecule has 8 bridgehead atoms. The molecule has 2 fully saturated rings. The molecule has 0 spiro atoms. The fourth-order valence-electron chi connectivity index (χ4n) is 15.7. The van der Waals surface area contributed by atoms with Gasteiger partial charge in [0, 0.05) is 132 Å². The number of fused-ring (bicyclic) bond motifs is 7. The first-order valence-electron chi connectivity index (χ1n) is 33.0. The van der Waals surface area contributed by atoms with E-state index < -0.39 is 153 Å². The Kier molecular flexibility index (Phi) is 26.4. The van der Waals surface area contributed by atoms with Crippen LogP contribution in [0.1, 0.15) is 150 Å². The molecule has 556 valence electrons. The van der Waals surface area contributed by atoms with Crippen molar-refractivity contribution in [2.45, 2.75) is 189 Å². The van der Waals surface area contributed by atoms with Gasteiger partial charge in [0.25, 0.3) is 7.82 Å². The first-order valence-corrected chi connectivity index (χ1v) is 36.1. The zero-order chi connectivity index (χ0) is 75.4. The number of hydrogen-bond acceptors (Lipinski definition) is 22. The SMILES string of the molecule is C/C1=C2N=C(/C=C3N=C(/C(C)=C4\[N-][C@@](C)([C@@H]5N=C1[C@](C)(CCC(=O)NCC(C)OP(=O)([O-])O[C@H]1[C@@H](O)[C@@H](n6cnc7cc(C)c(C)cc76)O[C@@H]1CO)[C@H]5CC(N)=O)[C@@](C)(CC(N)=O)[C@@H]4CCC(N)=O)[C@@](C)(CC(N)=O)[C@@H]\3CCC(N)=O)C(C)(C)[C@@H]/2CCC(N)=O.O=S1(=O)C=CC=NC=C1.[C-]#N.[Co+3]. The monoisotopic (exact) mass is 1500 g/mol. The third-order valence-corrected chi connectivity index (χ3v) is 23.4. The van der Waals surface area contributed by atoms with Gasteiger partial charge in [-0.2, -0.15) is 5.70 Å². The van der Waals surface area contributed by atoms with E-state index in [0.29, 0.717) is 56.4 Å². The fourth-order valence-corrected chi connectivity index (χ4v) is 17.5. The number of sulfone groups is 1. The van der Waals surface area contributed by atoms with E-state index in [-0.39, 0.29) is 94.0 Å². The summed E-state index contributed by atoms with van der Waals surface area (Å²) in [6.45, 7) is 23.7. The second kappa shape index (κ2) is 32.4. The number of aliphatic imine (C=N–C) groups is 4. The van der Waals surface area contributed by atoms with Gasteiger partial charge < -0.3 is 90.3 Å². The minimum absolute atomic E-state index is 0. The van der Waals surface area contributed by atoms with Gasteiger partial charge in [0.2, 0.25) is 41.4 Å². The summed E-state index contributed by atoms with van der Waals surface area (Å²) in [5.74, 6) is -7.40. The topological polar surface area (TPSA) is 535 Å². The molecule has 8 heterocycles. The number of nitrogens with zero attached hydrogens (tertiary/aromatic N) is 8. The van der Waals surface area contributed by atoms with Crippen molar-refractivity contribution in [3.63, 3.8) is 0 Å². The van der Waals surface area contributed by atoms with E-state index in [1.807, 2.05) is 80.5 Å². The van der Waals surface area contributed by atoms with Crippen molar-refractivity contribution in [2.75, 3.05) is 13.2 Å². The van der Waals surface area contributed by atoms with E-state index in [1.165, 1.54) is 36.3 Å². The Bertz CT molecular complexity index is 4120. The van der Waals surface area contributed by atoms with Gasteiger partial charge in [-0.15, -0.1) is 0 Å². The van der Waals surface area contributed by atoms with Crippen molar-refractivity contribution >= 4 is 93.4 Å². The Morgan fingerprint density at radius 3 is 2.00 bits per heavy atom. The molecular formula is C68H93CoN15O16PS. The van der Waals surface area contributed by atoms with E-state index in [4.69, 9.17) is 80.3 Å². The molecule has 0 radical (unpaired) electrons. The van der Waals surface area contributed by atoms with Crippen molar-refractivity contribution in [3.8, 4) is 0 Å². The standard InChI is InChI=1S/C62H90N13O14P.C5H5NO2S.CN.Co/c1-29-20-39-40(21-30(29)2)75(28-70-39)57-52(84)53(41(27-76)87-57)89-90(85,86)88-31(3)26-69-49(83)18-19-59(8)37(22-46(66)80)56-62(11)61(10,25-48(68)82)36(14-17-45(65)79)51(74-62)33(5)55-60(9,24-47(67)81)34(12-15-43(63)77)38(71-55)23-42-58(6,7)35(13-16-44(64)78)50(72-42)32(4)54(59)73-56;7-9(8)4-1-2-6-3-5-9;1-2;/h20-21,23,28,31,34-37,41,52-53,56-57,76,84H,12-19,22,24-27H2,1-11H3,(H15,63,64,65,66,67,68,69,71,72,73,74,77,78,79,80,81,82,83,85,86);1-5H;;/q;;-1;+3/p-2/t31?,34-,35-,36-,37+,41-,52-,53-,56-,57+,59-,60+,61+,62+;;;/m1.../s1. The summed E-state index contributed by atoms with van der Waals surface area (Å²) in [6.07, 6.45) is -0.741. The quantitative estimate of drug-likeness (QED) is 0.0476. The minimum Gasteiger partial charge on any atom is -0.756 e. The molecule has 15 N–H and O–H groups in total. The zero-order valence-electron chi connectivity index (χ0n) is 59.0. The molecule has 15 atom stereocenters. The number of nitrogens with one attached hydrogen (secondary N) is 1. The number of amides is 7. The average Bonchev–Trinajstić information content (AvgIpc) is 1.53. The van der Waals surface area contributed by atoms with Crippen LogP contribution < -0.4 is 44.6 Å². The van der Waals surface area contributed by atoms with Crippen LogP contribution in [0.4, 0.5) is 0 Å². The number of carbonyl (C=O) groups is 7. The third-order valence-electron chi connectivity index (χ3n) is 21.3. The average molecular weight is 1500 g/mol. The Hall–Kier alpha value is -7.90. The summed E-state index contributed by atoms with van der Waals surface area (Å²) < 4.78 is 53.1. The maximum absolute atomic E-state index is 14.4. The van der Waals surface area contributed by atoms with Crippen LogP contribution in [-0.2, 0) is 78.5 Å². The van der Waals surface area contributed by atoms with Gasteiger partial charge in [0.15, 0.2) is 16.1 Å². The van der Waals surface area contributed by atoms with Crippen molar-refractivity contribution in [3.05, 3.63) is 98.9 Å². The summed E-state index contributed by atoms with van der Waals surface area (Å²) in [4.78, 5) is 131. The molecule has 0 aliphatic carbocycles. The number of nitrogens with two attached hydrogens (primary N) is 6. The molecule has 102 heavy (non-hydrogen) atoms. The Labute approximate surface area is 603 Å². The molecule has 2 saturated heterocycles. The van der Waals surface area contributed by atoms with Gasteiger partial charge in [0.05, 0.1) is 35.5 Å². The normalized spacial score (nSPS) is 32.1. The van der Waals surface area contributed by atoms with E-state index in [0.717, 1.165) is 21.9 Å². The van der Waals surface area contributed by atoms with Gasteiger partial charge in [-0.3, -0.25) is 58.1 Å². The number of aryl methyl sites for hydroxylation is 2. The van der Waals surface area contributed by atoms with Crippen LogP contribution in [-0.4, -0.2) is 142 Å². The predicted octanol–water partition coefficient (Wildman–Crippen LogP) is 3.88. The predicted molar refractivity (Wildman–Crippen MR) is 372 cm³/mol. The summed E-state index contributed by atoms with van der Waals surface area (Å²) in [5, 5.41) is 38.5. The number of phosphoric acid groups is 1. The van der Waals surface area contributed by atoms with E-state index in [2.05, 4.69) is 15.3 Å². The van der Waals surface area contributed by atoms with Gasteiger partial charge in [-0.25, -0.2) is 13.4 Å². The molecule has 7 aliphatic rings. The molecule has 34 heteroatoms. The van der Waals surface area contributed by atoms with Crippen molar-refractivity contribution in [1.82, 2.24) is 14.9 Å². The maximum atomic E-state index is 14.4. The first kappa shape index (κ1) is 83.0. The zero-order valence-corrected chi connectivity index (χ0v) is 61.8. The van der Waals surface area contributed by atoms with Crippen LogP contribution in [0, 0.1) is 71.0 Å². The molecule has 2 unspecified atom stereocenters. The molecule has 9 rings (SSSR count). The van der Waals surface area contributed by atoms with Crippen molar-refractivity contribution < 1.29 is 92.2 Å². The second-order valence-corrected chi connectivity index (χ2v) is 31.5. The van der Waals surface area contributed by atoms with Crippen LogP contribution in [0.3, 0.4) is 0 Å². The Morgan fingerprint density at radius 2 is 1.41 bits per heavy atom. The molecule has 7 aliphatic heterocycles. The second-order valence-electron chi connectivity index (χ2n) is 28.5. The number of aromatic nitrogens is 2. The number of primary amides is 6. The number of aliphatic hydroxyl groups excluding tert-OH is 2. The van der Waals surface area contributed by atoms with Crippen LogP contribution in [0.15, 0.2) is 95.8 Å². The molecule has 1 aromatic heterocycles. The van der Waals surface area contributed by atoms with Crippen LogP contribution in [0.25, 0.3) is 16.4 Å². The summed E-state index contributed by atoms with van der Waals surface area (Å²) in [6, 6.07) is 2.65. The Balaban J connectivity index is 0.00000125. The van der Waals surface area contributed by atoms with Crippen molar-refractivity contribution in [1.29, 1.82) is 5.26 Å². The number of ether oxygens (including phenoxy) is 1. The minimum atomic E-state index is -5.32. The smallest absolute Gasteiger partial charge is 0.756 e. The number of rotatable bonds is 26. The largest absolute Gasteiger partial charge is 3.00 e. The number of hydrogen-bond donors (Lipinski definition) is 9. The van der Waals surface area contributed by atoms with E-state index in [1.54, 1.807) is 6.92 Å². The van der Waals surface area contributed by atoms with Gasteiger partial charge in [-0.05, 0) is 124 Å². The maximum Gasteiger partial charge on any atom is 3.00 e. The number of carbonyl (C=O) groups excluding carboxylic acids is 7. The Morgan fingerprint density at radius 1 is 0.814 bits per heavy atom. The third kappa shape index (κ3) is 17.3. The van der Waals surface area contributed by atoms with E-state index >= 15 is 0 Å². The summed E-state index contributed by atoms with van der Waals surface area (Å²) >= 11 is 0. The fraction of sp³-hybridized carbons (Fsp3) is 0.574. The first-order chi connectivity index (χ1) is 47.0. The molecule has 31 nitrogen and oxygen atoms in total. The van der Waals surface area contributed by atoms with Gasteiger partial charge in [0.1, 0.15) is 18.3 Å². The van der Waals surface area contributed by atoms with Gasteiger partial charge >= 0.3 is 16.8 Å². The molecule has 0 saturated carbocycles. The molecular weight excluding hydrogens is 1400 g/mol. The summed E-state index contributed by atoms with van der Waals surface area (Å²) in [5.41, 5.74) is 36.7. The molecule has 7 amide bonds. The molecule has 2 aromatic rings. The number of benzene rings is 1. The number of phosphoric ester groups is 1. The summed E-state index contributed by atoms with van der Waals surface area (Å²) in [7, 11) is -8.42. The van der Waals surface area contributed by atoms with E-state index in [9.17, 15) is 61.7 Å². The van der Waals surface area contributed by atoms with Gasteiger partial charge in [-0.1, -0.05) is 47.1 Å². The van der Waals surface area contributed by atoms with Crippen LogP contribution in [0.2, 0.25) is 0 Å². The van der Waals surface area contributed by atoms with Crippen molar-refractivity contribution in [2.24, 2.45) is 99.7 Å². The number of aliphatic hydroxyl groups is 2. The number of allylic oxidation sites excluding steroid dienone is 7. The molecule has 1 aromatic carbocycles. The van der Waals surface area contributed by atoms with Crippen LogP contribution >= 0.6 is 7.82 Å². The number of imidazole rings is 1.